The SMILES string of the molecule is Cc1ccc([N+](=O)[O-])cc1NC(=O)C1CCC(N)C1.Cl. The van der Waals surface area contributed by atoms with E-state index in [0.29, 0.717) is 12.1 Å². The highest BCUT2D eigenvalue weighted by atomic mass is 35.5. The lowest BCUT2D eigenvalue weighted by Gasteiger charge is -2.12. The van der Waals surface area contributed by atoms with Gasteiger partial charge in [0.1, 0.15) is 0 Å². The van der Waals surface area contributed by atoms with Crippen molar-refractivity contribution in [3.63, 3.8) is 0 Å². The Morgan fingerprint density at radius 3 is 2.70 bits per heavy atom. The number of halogens is 1. The Kier molecular flexibility index (Phi) is 5.47. The second kappa shape index (κ2) is 6.67. The lowest BCUT2D eigenvalue weighted by Crippen LogP contribution is -2.23. The summed E-state index contributed by atoms with van der Waals surface area (Å²) in [6.45, 7) is 1.81. The highest BCUT2D eigenvalue weighted by Gasteiger charge is 2.28. The summed E-state index contributed by atoms with van der Waals surface area (Å²) in [5.74, 6) is -0.190. The quantitative estimate of drug-likeness (QED) is 0.661. The van der Waals surface area contributed by atoms with E-state index in [0.717, 1.165) is 18.4 Å². The largest absolute Gasteiger partial charge is 0.328 e. The number of aryl methyl sites for hydroxylation is 1. The Morgan fingerprint density at radius 1 is 1.45 bits per heavy atom. The molecule has 0 heterocycles. The number of nitro groups is 1. The third-order valence-electron chi connectivity index (χ3n) is 3.53. The van der Waals surface area contributed by atoms with Crippen molar-refractivity contribution in [3.05, 3.63) is 33.9 Å². The number of nitro benzene ring substituents is 1. The van der Waals surface area contributed by atoms with Crippen LogP contribution in [0, 0.1) is 23.0 Å². The molecule has 1 fully saturated rings. The second-order valence-corrected chi connectivity index (χ2v) is 5.02. The number of nitrogens with one attached hydrogen (secondary N) is 1. The molecule has 7 heteroatoms. The van der Waals surface area contributed by atoms with E-state index in [9.17, 15) is 14.9 Å². The summed E-state index contributed by atoms with van der Waals surface area (Å²) in [6, 6.07) is 4.54. The van der Waals surface area contributed by atoms with E-state index in [1.165, 1.54) is 12.1 Å². The Hall–Kier alpha value is -1.66. The van der Waals surface area contributed by atoms with Crippen LogP contribution in [0.4, 0.5) is 11.4 Å². The van der Waals surface area contributed by atoms with Crippen molar-refractivity contribution < 1.29 is 9.72 Å². The number of carbonyl (C=O) groups excluding carboxylic acids is 1. The first kappa shape index (κ1) is 16.4. The molecule has 1 aliphatic carbocycles. The van der Waals surface area contributed by atoms with Crippen molar-refractivity contribution in [1.29, 1.82) is 0 Å². The molecule has 110 valence electrons. The number of anilines is 1. The Bertz CT molecular complexity index is 522. The molecule has 0 aromatic heterocycles. The van der Waals surface area contributed by atoms with Crippen LogP contribution in [-0.2, 0) is 4.79 Å². The molecular formula is C13H18ClN3O3. The molecule has 0 saturated heterocycles. The average molecular weight is 300 g/mol. The number of hydrogen-bond acceptors (Lipinski definition) is 4. The summed E-state index contributed by atoms with van der Waals surface area (Å²) < 4.78 is 0. The maximum Gasteiger partial charge on any atom is 0.271 e. The van der Waals surface area contributed by atoms with Gasteiger partial charge in [-0.15, -0.1) is 12.4 Å². The number of non-ortho nitro benzene ring substituents is 1. The molecule has 0 aliphatic heterocycles. The van der Waals surface area contributed by atoms with Gasteiger partial charge in [0, 0.05) is 24.1 Å². The number of carbonyl (C=O) groups is 1. The summed E-state index contributed by atoms with van der Waals surface area (Å²) in [4.78, 5) is 22.3. The van der Waals surface area contributed by atoms with Gasteiger partial charge in [-0.2, -0.15) is 0 Å². The molecule has 1 amide bonds. The average Bonchev–Trinajstić information content (AvgIpc) is 2.78. The zero-order chi connectivity index (χ0) is 14.0. The molecule has 3 N–H and O–H groups in total. The monoisotopic (exact) mass is 299 g/mol. The first-order valence-electron chi connectivity index (χ1n) is 6.29. The Labute approximate surface area is 123 Å². The molecule has 20 heavy (non-hydrogen) atoms. The van der Waals surface area contributed by atoms with E-state index in [1.54, 1.807) is 13.0 Å². The Morgan fingerprint density at radius 2 is 2.15 bits per heavy atom. The normalized spacial score (nSPS) is 21.1. The summed E-state index contributed by atoms with van der Waals surface area (Å²) in [5.41, 5.74) is 7.06. The van der Waals surface area contributed by atoms with Gasteiger partial charge in [-0.1, -0.05) is 6.07 Å². The van der Waals surface area contributed by atoms with Crippen LogP contribution in [0.1, 0.15) is 24.8 Å². The van der Waals surface area contributed by atoms with Gasteiger partial charge < -0.3 is 11.1 Å². The fourth-order valence-electron chi connectivity index (χ4n) is 2.35. The Balaban J connectivity index is 0.00000200. The number of amides is 1. The van der Waals surface area contributed by atoms with Crippen LogP contribution in [0.3, 0.4) is 0 Å². The minimum absolute atomic E-state index is 0. The van der Waals surface area contributed by atoms with Crippen LogP contribution in [0.5, 0.6) is 0 Å². The van der Waals surface area contributed by atoms with E-state index >= 15 is 0 Å². The van der Waals surface area contributed by atoms with Crippen molar-refractivity contribution in [2.75, 3.05) is 5.32 Å². The van der Waals surface area contributed by atoms with E-state index in [-0.39, 0.29) is 36.0 Å². The fourth-order valence-corrected chi connectivity index (χ4v) is 2.35. The first-order chi connectivity index (χ1) is 8.97. The van der Waals surface area contributed by atoms with Gasteiger partial charge in [0.25, 0.3) is 5.69 Å². The maximum absolute atomic E-state index is 12.1. The van der Waals surface area contributed by atoms with Gasteiger partial charge in [-0.05, 0) is 31.7 Å². The van der Waals surface area contributed by atoms with Crippen LogP contribution in [-0.4, -0.2) is 16.9 Å². The zero-order valence-corrected chi connectivity index (χ0v) is 12.0. The highest BCUT2D eigenvalue weighted by molar-refractivity contribution is 5.93. The highest BCUT2D eigenvalue weighted by Crippen LogP contribution is 2.27. The fraction of sp³-hybridized carbons (Fsp3) is 0.462. The molecule has 2 unspecified atom stereocenters. The maximum atomic E-state index is 12.1. The van der Waals surface area contributed by atoms with E-state index in [2.05, 4.69) is 5.32 Å². The summed E-state index contributed by atoms with van der Waals surface area (Å²) in [7, 11) is 0. The minimum Gasteiger partial charge on any atom is -0.328 e. The van der Waals surface area contributed by atoms with Gasteiger partial charge in [0.05, 0.1) is 10.6 Å². The lowest BCUT2D eigenvalue weighted by molar-refractivity contribution is -0.384. The van der Waals surface area contributed by atoms with Crippen LogP contribution in [0.25, 0.3) is 0 Å². The van der Waals surface area contributed by atoms with Crippen LogP contribution < -0.4 is 11.1 Å². The molecule has 0 bridgehead atoms. The molecule has 6 nitrogen and oxygen atoms in total. The van der Waals surface area contributed by atoms with Crippen molar-refractivity contribution in [2.24, 2.45) is 11.7 Å². The standard InChI is InChI=1S/C13H17N3O3.ClH/c1-8-2-5-11(16(18)19)7-12(8)15-13(17)9-3-4-10(14)6-9;/h2,5,7,9-10H,3-4,6,14H2,1H3,(H,15,17);1H. The van der Waals surface area contributed by atoms with E-state index in [4.69, 9.17) is 5.73 Å². The first-order valence-corrected chi connectivity index (χ1v) is 6.29. The molecule has 1 aromatic rings. The van der Waals surface area contributed by atoms with Gasteiger partial charge in [-0.25, -0.2) is 0 Å². The van der Waals surface area contributed by atoms with Crippen molar-refractivity contribution in [1.82, 2.24) is 0 Å². The second-order valence-electron chi connectivity index (χ2n) is 5.02. The van der Waals surface area contributed by atoms with Crippen LogP contribution >= 0.6 is 12.4 Å². The zero-order valence-electron chi connectivity index (χ0n) is 11.2. The minimum atomic E-state index is -0.472. The molecule has 1 aliphatic rings. The van der Waals surface area contributed by atoms with Crippen LogP contribution in [0.15, 0.2) is 18.2 Å². The molecule has 1 saturated carbocycles. The molecule has 1 aromatic carbocycles. The number of benzene rings is 1. The van der Waals surface area contributed by atoms with Crippen molar-refractivity contribution >= 4 is 29.7 Å². The summed E-state index contributed by atoms with van der Waals surface area (Å²) in [6.07, 6.45) is 2.31. The summed E-state index contributed by atoms with van der Waals surface area (Å²) in [5, 5.41) is 13.5. The third-order valence-corrected chi connectivity index (χ3v) is 3.53. The van der Waals surface area contributed by atoms with Crippen LogP contribution in [0.2, 0.25) is 0 Å². The molecule has 0 radical (unpaired) electrons. The van der Waals surface area contributed by atoms with Crippen molar-refractivity contribution in [2.45, 2.75) is 32.2 Å². The number of nitrogens with two attached hydrogens (primary N) is 1. The van der Waals surface area contributed by atoms with E-state index < -0.39 is 4.92 Å². The van der Waals surface area contributed by atoms with Gasteiger partial charge in [0.2, 0.25) is 5.91 Å². The predicted molar refractivity (Wildman–Crippen MR) is 79.0 cm³/mol. The molecule has 2 atom stereocenters. The molecule has 2 rings (SSSR count). The lowest BCUT2D eigenvalue weighted by atomic mass is 10.1. The summed E-state index contributed by atoms with van der Waals surface area (Å²) >= 11 is 0. The number of nitrogens with zero attached hydrogens (tertiary/aromatic N) is 1. The predicted octanol–water partition coefficient (Wildman–Crippen LogP) is 2.39. The van der Waals surface area contributed by atoms with Gasteiger partial charge in [-0.3, -0.25) is 14.9 Å². The van der Waals surface area contributed by atoms with Gasteiger partial charge in [0.15, 0.2) is 0 Å². The van der Waals surface area contributed by atoms with Gasteiger partial charge >= 0.3 is 0 Å². The smallest absolute Gasteiger partial charge is 0.271 e. The molecular weight excluding hydrogens is 282 g/mol. The topological polar surface area (TPSA) is 98.3 Å². The van der Waals surface area contributed by atoms with Crippen molar-refractivity contribution in [3.8, 4) is 0 Å². The molecule has 0 spiro atoms. The number of hydrogen-bond donors (Lipinski definition) is 2. The third kappa shape index (κ3) is 3.68. The number of rotatable bonds is 3. The van der Waals surface area contributed by atoms with E-state index in [1.807, 2.05) is 0 Å².